The van der Waals surface area contributed by atoms with Gasteiger partial charge in [0.2, 0.25) is 0 Å². The third kappa shape index (κ3) is 4.96. The SMILES string of the molecule is NC(COc1ccccc1OCC(F)(F)F)c1ccccc1. The zero-order valence-electron chi connectivity index (χ0n) is 11.7. The van der Waals surface area contributed by atoms with Crippen molar-refractivity contribution in [3.63, 3.8) is 0 Å². The van der Waals surface area contributed by atoms with Crippen LogP contribution in [0.25, 0.3) is 0 Å². The number of alkyl halides is 3. The fraction of sp³-hybridized carbons (Fsp3) is 0.250. The highest BCUT2D eigenvalue weighted by Gasteiger charge is 2.29. The molecule has 0 aliphatic rings. The number of para-hydroxylation sites is 2. The van der Waals surface area contributed by atoms with E-state index in [2.05, 4.69) is 0 Å². The lowest BCUT2D eigenvalue weighted by Crippen LogP contribution is -2.21. The largest absolute Gasteiger partial charge is 0.488 e. The van der Waals surface area contributed by atoms with Crippen molar-refractivity contribution in [2.75, 3.05) is 13.2 Å². The number of benzene rings is 2. The van der Waals surface area contributed by atoms with Gasteiger partial charge in [-0.05, 0) is 17.7 Å². The molecular formula is C16H16F3NO2. The normalized spacial score (nSPS) is 12.7. The van der Waals surface area contributed by atoms with E-state index < -0.39 is 12.8 Å². The maximum absolute atomic E-state index is 12.2. The molecule has 2 aromatic carbocycles. The minimum atomic E-state index is -4.40. The summed E-state index contributed by atoms with van der Waals surface area (Å²) in [6, 6.07) is 15.1. The predicted molar refractivity (Wildman–Crippen MR) is 76.9 cm³/mol. The molecule has 0 bridgehead atoms. The van der Waals surface area contributed by atoms with Crippen LogP contribution in [-0.4, -0.2) is 19.4 Å². The van der Waals surface area contributed by atoms with Gasteiger partial charge in [-0.3, -0.25) is 0 Å². The Balaban J connectivity index is 1.98. The zero-order valence-corrected chi connectivity index (χ0v) is 11.7. The Bertz CT molecular complexity index is 587. The molecule has 0 fully saturated rings. The molecule has 6 heteroatoms. The van der Waals surface area contributed by atoms with E-state index in [1.807, 2.05) is 30.3 Å². The van der Waals surface area contributed by atoms with Crippen LogP contribution in [0.15, 0.2) is 54.6 Å². The predicted octanol–water partition coefficient (Wildman–Crippen LogP) is 3.71. The van der Waals surface area contributed by atoms with Crippen LogP contribution < -0.4 is 15.2 Å². The third-order valence-corrected chi connectivity index (χ3v) is 2.89. The van der Waals surface area contributed by atoms with Gasteiger partial charge in [-0.1, -0.05) is 42.5 Å². The lowest BCUT2D eigenvalue weighted by Gasteiger charge is -2.16. The highest BCUT2D eigenvalue weighted by Crippen LogP contribution is 2.29. The number of ether oxygens (including phenoxy) is 2. The second-order valence-corrected chi connectivity index (χ2v) is 4.68. The molecule has 0 saturated heterocycles. The number of hydrogen-bond acceptors (Lipinski definition) is 3. The molecule has 1 unspecified atom stereocenters. The zero-order chi connectivity index (χ0) is 16.0. The van der Waals surface area contributed by atoms with Crippen LogP contribution in [0, 0.1) is 0 Å². The minimum absolute atomic E-state index is 0.0417. The molecule has 0 aliphatic carbocycles. The van der Waals surface area contributed by atoms with Gasteiger partial charge < -0.3 is 15.2 Å². The van der Waals surface area contributed by atoms with E-state index in [1.165, 1.54) is 6.07 Å². The van der Waals surface area contributed by atoms with E-state index in [0.717, 1.165) is 5.56 Å². The van der Waals surface area contributed by atoms with E-state index >= 15 is 0 Å². The molecular weight excluding hydrogens is 295 g/mol. The molecule has 118 valence electrons. The summed E-state index contributed by atoms with van der Waals surface area (Å²) in [5, 5.41) is 0. The lowest BCUT2D eigenvalue weighted by molar-refractivity contribution is -0.153. The molecule has 2 rings (SSSR count). The summed E-state index contributed by atoms with van der Waals surface area (Å²) in [4.78, 5) is 0. The molecule has 0 spiro atoms. The second-order valence-electron chi connectivity index (χ2n) is 4.68. The highest BCUT2D eigenvalue weighted by atomic mass is 19.4. The Morgan fingerprint density at radius 2 is 1.41 bits per heavy atom. The molecule has 0 radical (unpaired) electrons. The molecule has 1 atom stereocenters. The first-order valence-electron chi connectivity index (χ1n) is 6.67. The van der Waals surface area contributed by atoms with E-state index in [1.54, 1.807) is 18.2 Å². The summed E-state index contributed by atoms with van der Waals surface area (Å²) in [7, 11) is 0. The Hall–Kier alpha value is -2.21. The van der Waals surface area contributed by atoms with Crippen LogP contribution in [-0.2, 0) is 0 Å². The first kappa shape index (κ1) is 16.2. The van der Waals surface area contributed by atoms with Crippen LogP contribution >= 0.6 is 0 Å². The van der Waals surface area contributed by atoms with Crippen LogP contribution in [0.2, 0.25) is 0 Å². The average Bonchev–Trinajstić information content (AvgIpc) is 2.51. The summed E-state index contributed by atoms with van der Waals surface area (Å²) in [5.74, 6) is 0.276. The van der Waals surface area contributed by atoms with Gasteiger partial charge in [0, 0.05) is 0 Å². The van der Waals surface area contributed by atoms with Crippen LogP contribution in [0.5, 0.6) is 11.5 Å². The Morgan fingerprint density at radius 3 is 2.00 bits per heavy atom. The van der Waals surface area contributed by atoms with Crippen molar-refractivity contribution in [2.45, 2.75) is 12.2 Å². The summed E-state index contributed by atoms with van der Waals surface area (Å²) in [5.41, 5.74) is 6.88. The maximum Gasteiger partial charge on any atom is 0.422 e. The highest BCUT2D eigenvalue weighted by molar-refractivity contribution is 5.39. The van der Waals surface area contributed by atoms with E-state index in [9.17, 15) is 13.2 Å². The molecule has 0 heterocycles. The molecule has 0 aromatic heterocycles. The smallest absolute Gasteiger partial charge is 0.422 e. The third-order valence-electron chi connectivity index (χ3n) is 2.89. The number of rotatable bonds is 6. The summed E-state index contributed by atoms with van der Waals surface area (Å²) in [6.07, 6.45) is -4.40. The summed E-state index contributed by atoms with van der Waals surface area (Å²) < 4.78 is 46.9. The van der Waals surface area contributed by atoms with Crippen molar-refractivity contribution >= 4 is 0 Å². The molecule has 0 saturated carbocycles. The van der Waals surface area contributed by atoms with Gasteiger partial charge >= 0.3 is 6.18 Å². The van der Waals surface area contributed by atoms with Crippen molar-refractivity contribution in [3.8, 4) is 11.5 Å². The first-order chi connectivity index (χ1) is 10.5. The average molecular weight is 311 g/mol. The first-order valence-corrected chi connectivity index (χ1v) is 6.67. The molecule has 2 N–H and O–H groups in total. The Kier molecular flexibility index (Phi) is 5.27. The van der Waals surface area contributed by atoms with Crippen molar-refractivity contribution < 1.29 is 22.6 Å². The van der Waals surface area contributed by atoms with Gasteiger partial charge in [-0.15, -0.1) is 0 Å². The molecule has 0 amide bonds. The fourth-order valence-electron chi connectivity index (χ4n) is 1.82. The fourth-order valence-corrected chi connectivity index (χ4v) is 1.82. The summed E-state index contributed by atoms with van der Waals surface area (Å²) in [6.45, 7) is -1.23. The quantitative estimate of drug-likeness (QED) is 0.884. The van der Waals surface area contributed by atoms with Gasteiger partial charge in [0.05, 0.1) is 6.04 Å². The molecule has 0 aliphatic heterocycles. The van der Waals surface area contributed by atoms with E-state index in [4.69, 9.17) is 15.2 Å². The number of hydrogen-bond donors (Lipinski definition) is 1. The standard InChI is InChI=1S/C16H16F3NO2/c17-16(18,19)11-22-15-9-5-4-8-14(15)21-10-13(20)12-6-2-1-3-7-12/h1-9,13H,10-11,20H2. The van der Waals surface area contributed by atoms with Gasteiger partial charge in [0.1, 0.15) is 6.61 Å². The summed E-state index contributed by atoms with van der Waals surface area (Å²) >= 11 is 0. The monoisotopic (exact) mass is 311 g/mol. The second kappa shape index (κ2) is 7.17. The molecule has 22 heavy (non-hydrogen) atoms. The van der Waals surface area contributed by atoms with Crippen LogP contribution in [0.1, 0.15) is 11.6 Å². The minimum Gasteiger partial charge on any atom is -0.488 e. The van der Waals surface area contributed by atoms with E-state index in [-0.39, 0.29) is 24.1 Å². The van der Waals surface area contributed by atoms with Crippen LogP contribution in [0.3, 0.4) is 0 Å². The number of nitrogens with two attached hydrogens (primary N) is 1. The maximum atomic E-state index is 12.2. The van der Waals surface area contributed by atoms with Gasteiger partial charge in [-0.25, -0.2) is 0 Å². The number of halogens is 3. The van der Waals surface area contributed by atoms with Crippen molar-refractivity contribution in [1.82, 2.24) is 0 Å². The van der Waals surface area contributed by atoms with Crippen molar-refractivity contribution in [1.29, 1.82) is 0 Å². The molecule has 3 nitrogen and oxygen atoms in total. The van der Waals surface area contributed by atoms with Gasteiger partial charge in [-0.2, -0.15) is 13.2 Å². The Morgan fingerprint density at radius 1 is 0.864 bits per heavy atom. The lowest BCUT2D eigenvalue weighted by atomic mass is 10.1. The van der Waals surface area contributed by atoms with E-state index in [0.29, 0.717) is 0 Å². The van der Waals surface area contributed by atoms with Gasteiger partial charge in [0.25, 0.3) is 0 Å². The molecule has 2 aromatic rings. The van der Waals surface area contributed by atoms with Gasteiger partial charge in [0.15, 0.2) is 18.1 Å². The topological polar surface area (TPSA) is 44.5 Å². The van der Waals surface area contributed by atoms with Crippen molar-refractivity contribution in [2.24, 2.45) is 5.73 Å². The Labute approximate surface area is 126 Å². The van der Waals surface area contributed by atoms with Crippen LogP contribution in [0.4, 0.5) is 13.2 Å². The van der Waals surface area contributed by atoms with Crippen molar-refractivity contribution in [3.05, 3.63) is 60.2 Å².